The largest absolute Gasteiger partial charge is 0.459 e. The van der Waals surface area contributed by atoms with Crippen molar-refractivity contribution in [2.75, 3.05) is 13.1 Å². The molecule has 6 heteroatoms. The standard InChI is InChI=1S/C19H21N3O3/c23-18(14-5-2-1-3-6-14)15-8-10-22(11-9-15)13-17-20-21-19(25-17)16-7-4-12-24-16/h1-7,12,15,18,23H,8-11,13H2/t18-/m1/s1. The lowest BCUT2D eigenvalue weighted by atomic mass is 9.87. The third kappa shape index (κ3) is 3.65. The first-order valence-electron chi connectivity index (χ1n) is 8.61. The second-order valence-corrected chi connectivity index (χ2v) is 6.45. The highest BCUT2D eigenvalue weighted by molar-refractivity contribution is 5.42. The number of aromatic nitrogens is 2. The SMILES string of the molecule is O[C@H](c1ccccc1)C1CCN(Cc2nnc(-c3ccco3)o2)CC1. The molecule has 3 aromatic rings. The van der Waals surface area contributed by atoms with E-state index in [-0.39, 0.29) is 0 Å². The molecule has 6 nitrogen and oxygen atoms in total. The molecule has 0 bridgehead atoms. The Morgan fingerprint density at radius 1 is 1.08 bits per heavy atom. The minimum Gasteiger partial charge on any atom is -0.459 e. The summed E-state index contributed by atoms with van der Waals surface area (Å²) in [6.45, 7) is 2.45. The summed E-state index contributed by atoms with van der Waals surface area (Å²) >= 11 is 0. The van der Waals surface area contributed by atoms with E-state index in [1.807, 2.05) is 30.3 Å². The van der Waals surface area contributed by atoms with E-state index in [1.54, 1.807) is 18.4 Å². The van der Waals surface area contributed by atoms with Crippen LogP contribution in [0.2, 0.25) is 0 Å². The molecule has 1 aliphatic rings. The first kappa shape index (κ1) is 16.1. The van der Waals surface area contributed by atoms with Gasteiger partial charge >= 0.3 is 0 Å². The van der Waals surface area contributed by atoms with Crippen LogP contribution in [0.15, 0.2) is 57.6 Å². The van der Waals surface area contributed by atoms with E-state index in [9.17, 15) is 5.11 Å². The zero-order chi connectivity index (χ0) is 17.1. The van der Waals surface area contributed by atoms with Gasteiger partial charge in [-0.05, 0) is 49.5 Å². The number of nitrogens with zero attached hydrogens (tertiary/aromatic N) is 3. The third-order valence-corrected chi connectivity index (χ3v) is 4.78. The summed E-state index contributed by atoms with van der Waals surface area (Å²) in [5.41, 5.74) is 1.00. The van der Waals surface area contributed by atoms with Crippen molar-refractivity contribution in [2.24, 2.45) is 5.92 Å². The molecular weight excluding hydrogens is 318 g/mol. The van der Waals surface area contributed by atoms with Crippen molar-refractivity contribution in [1.29, 1.82) is 0 Å². The van der Waals surface area contributed by atoms with Crippen molar-refractivity contribution in [3.63, 3.8) is 0 Å². The zero-order valence-electron chi connectivity index (χ0n) is 13.9. The van der Waals surface area contributed by atoms with E-state index in [4.69, 9.17) is 8.83 Å². The predicted octanol–water partition coefficient (Wildman–Crippen LogP) is 3.28. The Kier molecular flexibility index (Phi) is 4.63. The quantitative estimate of drug-likeness (QED) is 0.769. The molecule has 3 heterocycles. The summed E-state index contributed by atoms with van der Waals surface area (Å²) in [5.74, 6) is 1.88. The van der Waals surface area contributed by atoms with Crippen molar-refractivity contribution in [3.8, 4) is 11.7 Å². The van der Waals surface area contributed by atoms with Gasteiger partial charge in [-0.1, -0.05) is 30.3 Å². The summed E-state index contributed by atoms with van der Waals surface area (Å²) in [7, 11) is 0. The number of hydrogen-bond donors (Lipinski definition) is 1. The van der Waals surface area contributed by atoms with Crippen LogP contribution in [0.4, 0.5) is 0 Å². The van der Waals surface area contributed by atoms with Crippen molar-refractivity contribution < 1.29 is 13.9 Å². The van der Waals surface area contributed by atoms with Gasteiger partial charge in [-0.25, -0.2) is 0 Å². The minimum absolute atomic E-state index is 0.292. The molecule has 0 aliphatic carbocycles. The Morgan fingerprint density at radius 3 is 2.60 bits per heavy atom. The van der Waals surface area contributed by atoms with Crippen molar-refractivity contribution in [2.45, 2.75) is 25.5 Å². The maximum Gasteiger partial charge on any atom is 0.283 e. The van der Waals surface area contributed by atoms with Crippen molar-refractivity contribution >= 4 is 0 Å². The van der Waals surface area contributed by atoms with Gasteiger partial charge in [0.05, 0.1) is 18.9 Å². The molecule has 25 heavy (non-hydrogen) atoms. The normalized spacial score (nSPS) is 17.6. The molecule has 0 saturated carbocycles. The highest BCUT2D eigenvalue weighted by Crippen LogP contribution is 2.31. The van der Waals surface area contributed by atoms with Crippen LogP contribution in [0.1, 0.15) is 30.4 Å². The van der Waals surface area contributed by atoms with Crippen LogP contribution in [0.5, 0.6) is 0 Å². The molecule has 1 aromatic carbocycles. The van der Waals surface area contributed by atoms with Gasteiger partial charge in [0, 0.05) is 0 Å². The molecule has 0 radical (unpaired) electrons. The van der Waals surface area contributed by atoms with Crippen molar-refractivity contribution in [3.05, 3.63) is 60.2 Å². The topological polar surface area (TPSA) is 75.5 Å². The molecule has 130 valence electrons. The number of hydrogen-bond acceptors (Lipinski definition) is 6. The Balaban J connectivity index is 1.32. The Labute approximate surface area is 146 Å². The van der Waals surface area contributed by atoms with Gasteiger partial charge in [0.2, 0.25) is 5.89 Å². The highest BCUT2D eigenvalue weighted by Gasteiger charge is 2.27. The maximum atomic E-state index is 10.6. The van der Waals surface area contributed by atoms with Gasteiger partial charge in [-0.2, -0.15) is 0 Å². The van der Waals surface area contributed by atoms with E-state index >= 15 is 0 Å². The number of benzene rings is 1. The second-order valence-electron chi connectivity index (χ2n) is 6.45. The number of likely N-dealkylation sites (tertiary alicyclic amines) is 1. The first-order valence-corrected chi connectivity index (χ1v) is 8.61. The smallest absolute Gasteiger partial charge is 0.283 e. The lowest BCUT2D eigenvalue weighted by Crippen LogP contribution is -2.35. The summed E-state index contributed by atoms with van der Waals surface area (Å²) in [6.07, 6.45) is 3.10. The van der Waals surface area contributed by atoms with Crippen molar-refractivity contribution in [1.82, 2.24) is 15.1 Å². The number of rotatable bonds is 5. The molecule has 2 aromatic heterocycles. The average molecular weight is 339 g/mol. The highest BCUT2D eigenvalue weighted by atomic mass is 16.4. The zero-order valence-corrected chi connectivity index (χ0v) is 13.9. The average Bonchev–Trinajstić information content (AvgIpc) is 3.34. The number of aliphatic hydroxyl groups is 1. The Bertz CT molecular complexity index is 777. The second kappa shape index (κ2) is 7.21. The van der Waals surface area contributed by atoms with Crippen LogP contribution in [0.25, 0.3) is 11.7 Å². The van der Waals surface area contributed by atoms with E-state index in [0.29, 0.717) is 30.0 Å². The lowest BCUT2D eigenvalue weighted by molar-refractivity contribution is 0.0544. The summed E-state index contributed by atoms with van der Waals surface area (Å²) in [5, 5.41) is 18.7. The lowest BCUT2D eigenvalue weighted by Gasteiger charge is -2.33. The molecule has 1 atom stereocenters. The fourth-order valence-electron chi connectivity index (χ4n) is 3.36. The molecule has 4 rings (SSSR count). The van der Waals surface area contributed by atoms with E-state index in [0.717, 1.165) is 31.5 Å². The molecule has 0 spiro atoms. The van der Waals surface area contributed by atoms with Gasteiger partial charge < -0.3 is 13.9 Å². The van der Waals surface area contributed by atoms with E-state index in [2.05, 4.69) is 15.1 Å². The fourth-order valence-corrected chi connectivity index (χ4v) is 3.36. The molecule has 1 aliphatic heterocycles. The fraction of sp³-hybridized carbons (Fsp3) is 0.368. The Hall–Kier alpha value is -2.44. The number of piperidine rings is 1. The van der Waals surface area contributed by atoms with Gasteiger partial charge in [-0.15, -0.1) is 10.2 Å². The van der Waals surface area contributed by atoms with Crippen LogP contribution in [0, 0.1) is 5.92 Å². The van der Waals surface area contributed by atoms with Gasteiger partial charge in [0.25, 0.3) is 5.89 Å². The number of aliphatic hydroxyl groups excluding tert-OH is 1. The Morgan fingerprint density at radius 2 is 1.88 bits per heavy atom. The van der Waals surface area contributed by atoms with Gasteiger partial charge in [-0.3, -0.25) is 4.90 Å². The van der Waals surface area contributed by atoms with E-state index in [1.165, 1.54) is 0 Å². The molecule has 1 fully saturated rings. The van der Waals surface area contributed by atoms with E-state index < -0.39 is 6.10 Å². The summed E-state index contributed by atoms with van der Waals surface area (Å²) in [6, 6.07) is 13.5. The summed E-state index contributed by atoms with van der Waals surface area (Å²) < 4.78 is 10.9. The minimum atomic E-state index is -0.391. The molecule has 1 saturated heterocycles. The first-order chi connectivity index (χ1) is 12.3. The predicted molar refractivity (Wildman–Crippen MR) is 91.4 cm³/mol. The molecule has 0 unspecified atom stereocenters. The maximum absolute atomic E-state index is 10.6. The third-order valence-electron chi connectivity index (χ3n) is 4.78. The molecule has 0 amide bonds. The van der Waals surface area contributed by atoms with Crippen LogP contribution in [-0.4, -0.2) is 33.3 Å². The number of furan rings is 1. The van der Waals surface area contributed by atoms with Gasteiger partial charge in [0.1, 0.15) is 0 Å². The molecular formula is C19H21N3O3. The monoisotopic (exact) mass is 339 g/mol. The van der Waals surface area contributed by atoms with Crippen LogP contribution >= 0.6 is 0 Å². The van der Waals surface area contributed by atoms with Gasteiger partial charge in [0.15, 0.2) is 5.76 Å². The molecule has 1 N–H and O–H groups in total. The van der Waals surface area contributed by atoms with Crippen LogP contribution < -0.4 is 0 Å². The van der Waals surface area contributed by atoms with Crippen LogP contribution in [0.3, 0.4) is 0 Å². The van der Waals surface area contributed by atoms with Crippen LogP contribution in [-0.2, 0) is 6.54 Å². The summed E-state index contributed by atoms with van der Waals surface area (Å²) in [4.78, 5) is 2.29.